The molecule has 3 nitrogen and oxygen atoms in total. The summed E-state index contributed by atoms with van der Waals surface area (Å²) in [6.45, 7) is 2.49. The number of amides is 1. The van der Waals surface area contributed by atoms with Crippen molar-refractivity contribution in [1.29, 1.82) is 0 Å². The van der Waals surface area contributed by atoms with Gasteiger partial charge in [-0.05, 0) is 24.6 Å². The number of thiazole rings is 1. The second-order valence-corrected chi connectivity index (χ2v) is 5.68. The van der Waals surface area contributed by atoms with Gasteiger partial charge in [0.15, 0.2) is 0 Å². The van der Waals surface area contributed by atoms with E-state index >= 15 is 0 Å². The molecule has 1 aromatic carbocycles. The summed E-state index contributed by atoms with van der Waals surface area (Å²) in [7, 11) is 0. The van der Waals surface area contributed by atoms with Crippen molar-refractivity contribution >= 4 is 28.8 Å². The van der Waals surface area contributed by atoms with Gasteiger partial charge in [0, 0.05) is 16.1 Å². The zero-order valence-corrected chi connectivity index (χ0v) is 11.5. The zero-order chi connectivity index (χ0) is 13.0. The number of hydrogen-bond donors (Lipinski definition) is 1. The van der Waals surface area contributed by atoms with Gasteiger partial charge in [0.1, 0.15) is 0 Å². The van der Waals surface area contributed by atoms with Crippen molar-refractivity contribution in [2.75, 3.05) is 0 Å². The van der Waals surface area contributed by atoms with Gasteiger partial charge in [0.25, 0.3) is 0 Å². The van der Waals surface area contributed by atoms with Crippen LogP contribution in [0.25, 0.3) is 0 Å². The summed E-state index contributed by atoms with van der Waals surface area (Å²) < 4.78 is 0. The van der Waals surface area contributed by atoms with Crippen LogP contribution in [0.15, 0.2) is 30.5 Å². The van der Waals surface area contributed by atoms with Gasteiger partial charge in [-0.15, -0.1) is 11.3 Å². The summed E-state index contributed by atoms with van der Waals surface area (Å²) in [4.78, 5) is 16.9. The average molecular weight is 281 g/mol. The molecule has 0 radical (unpaired) electrons. The molecule has 1 heterocycles. The molecule has 2 rings (SSSR count). The maximum absolute atomic E-state index is 11.7. The lowest BCUT2D eigenvalue weighted by Crippen LogP contribution is -2.24. The number of benzene rings is 1. The van der Waals surface area contributed by atoms with Crippen LogP contribution in [0.2, 0.25) is 5.02 Å². The zero-order valence-electron chi connectivity index (χ0n) is 9.94. The molecule has 0 bridgehead atoms. The molecule has 2 aromatic rings. The number of nitrogens with one attached hydrogen (secondary N) is 1. The van der Waals surface area contributed by atoms with Gasteiger partial charge in [-0.2, -0.15) is 0 Å². The monoisotopic (exact) mass is 280 g/mol. The van der Waals surface area contributed by atoms with Crippen molar-refractivity contribution in [2.45, 2.75) is 19.9 Å². The molecule has 0 atom stereocenters. The predicted octanol–water partition coefficient (Wildman–Crippen LogP) is 2.96. The molecule has 18 heavy (non-hydrogen) atoms. The Balaban J connectivity index is 1.83. The molecule has 0 aliphatic rings. The number of rotatable bonds is 4. The molecular formula is C13H13ClN2OS. The summed E-state index contributed by atoms with van der Waals surface area (Å²) in [6.07, 6.45) is 2.16. The second-order valence-electron chi connectivity index (χ2n) is 3.93. The van der Waals surface area contributed by atoms with Gasteiger partial charge in [-0.1, -0.05) is 23.7 Å². The van der Waals surface area contributed by atoms with Crippen LogP contribution < -0.4 is 5.32 Å². The number of halogens is 1. The van der Waals surface area contributed by atoms with Gasteiger partial charge in [0.05, 0.1) is 18.0 Å². The highest BCUT2D eigenvalue weighted by Gasteiger charge is 2.04. The summed E-state index contributed by atoms with van der Waals surface area (Å²) >= 11 is 7.38. The molecule has 0 fully saturated rings. The van der Waals surface area contributed by atoms with Crippen molar-refractivity contribution in [1.82, 2.24) is 10.3 Å². The first kappa shape index (κ1) is 13.1. The largest absolute Gasteiger partial charge is 0.351 e. The van der Waals surface area contributed by atoms with E-state index in [-0.39, 0.29) is 5.91 Å². The summed E-state index contributed by atoms with van der Waals surface area (Å²) in [6, 6.07) is 7.30. The van der Waals surface area contributed by atoms with Crippen LogP contribution in [0, 0.1) is 6.92 Å². The molecule has 5 heteroatoms. The molecule has 0 unspecified atom stereocenters. The van der Waals surface area contributed by atoms with Gasteiger partial charge in [0.2, 0.25) is 5.91 Å². The number of aromatic nitrogens is 1. The molecule has 0 saturated heterocycles. The highest BCUT2D eigenvalue weighted by Crippen LogP contribution is 2.12. The third kappa shape index (κ3) is 3.82. The lowest BCUT2D eigenvalue weighted by Gasteiger charge is -2.03. The third-order valence-corrected chi connectivity index (χ3v) is 3.57. The fourth-order valence-corrected chi connectivity index (χ4v) is 2.38. The third-order valence-electron chi connectivity index (χ3n) is 2.41. The van der Waals surface area contributed by atoms with E-state index in [4.69, 9.17) is 11.6 Å². The number of carbonyl (C=O) groups is 1. The smallest absolute Gasteiger partial charge is 0.224 e. The molecular weight excluding hydrogens is 268 g/mol. The average Bonchev–Trinajstić information content (AvgIpc) is 2.76. The van der Waals surface area contributed by atoms with E-state index < -0.39 is 0 Å². The maximum atomic E-state index is 11.7. The summed E-state index contributed by atoms with van der Waals surface area (Å²) in [5, 5.41) is 4.56. The highest BCUT2D eigenvalue weighted by atomic mass is 35.5. The van der Waals surface area contributed by atoms with Crippen LogP contribution in [-0.2, 0) is 17.8 Å². The minimum absolute atomic E-state index is 0.00313. The lowest BCUT2D eigenvalue weighted by atomic mass is 10.1. The fraction of sp³-hybridized carbons (Fsp3) is 0.231. The Morgan fingerprint density at radius 1 is 1.39 bits per heavy atom. The SMILES string of the molecule is Cc1ncc(CNC(=O)Cc2ccc(Cl)cc2)s1. The minimum atomic E-state index is 0.00313. The molecule has 0 saturated carbocycles. The van der Waals surface area contributed by atoms with E-state index in [0.29, 0.717) is 18.0 Å². The Morgan fingerprint density at radius 3 is 2.72 bits per heavy atom. The van der Waals surface area contributed by atoms with Gasteiger partial charge in [-0.25, -0.2) is 4.98 Å². The predicted molar refractivity (Wildman–Crippen MR) is 73.9 cm³/mol. The van der Waals surface area contributed by atoms with Crippen molar-refractivity contribution < 1.29 is 4.79 Å². The number of hydrogen-bond acceptors (Lipinski definition) is 3. The van der Waals surface area contributed by atoms with Crippen molar-refractivity contribution in [2.24, 2.45) is 0 Å². The fourth-order valence-electron chi connectivity index (χ4n) is 1.52. The van der Waals surface area contributed by atoms with Crippen LogP contribution in [0.4, 0.5) is 0 Å². The van der Waals surface area contributed by atoms with E-state index in [0.717, 1.165) is 15.4 Å². The number of nitrogens with zero attached hydrogens (tertiary/aromatic N) is 1. The van der Waals surface area contributed by atoms with E-state index in [1.807, 2.05) is 19.1 Å². The van der Waals surface area contributed by atoms with E-state index in [1.54, 1.807) is 29.7 Å². The summed E-state index contributed by atoms with van der Waals surface area (Å²) in [5.74, 6) is 0.00313. The van der Waals surface area contributed by atoms with Gasteiger partial charge < -0.3 is 5.32 Å². The minimum Gasteiger partial charge on any atom is -0.351 e. The first-order valence-electron chi connectivity index (χ1n) is 5.56. The maximum Gasteiger partial charge on any atom is 0.224 e. The Kier molecular flexibility index (Phi) is 4.33. The van der Waals surface area contributed by atoms with Crippen molar-refractivity contribution in [3.63, 3.8) is 0 Å². The van der Waals surface area contributed by atoms with E-state index in [2.05, 4.69) is 10.3 Å². The van der Waals surface area contributed by atoms with Crippen LogP contribution in [-0.4, -0.2) is 10.9 Å². The molecule has 1 aromatic heterocycles. The van der Waals surface area contributed by atoms with E-state index in [9.17, 15) is 4.79 Å². The Morgan fingerprint density at radius 2 is 2.11 bits per heavy atom. The van der Waals surface area contributed by atoms with Crippen LogP contribution >= 0.6 is 22.9 Å². The summed E-state index contributed by atoms with van der Waals surface area (Å²) in [5.41, 5.74) is 0.956. The topological polar surface area (TPSA) is 42.0 Å². The Bertz CT molecular complexity index is 536. The quantitative estimate of drug-likeness (QED) is 0.935. The first-order chi connectivity index (χ1) is 8.63. The molecule has 0 aliphatic carbocycles. The molecule has 1 N–H and O–H groups in total. The number of aryl methyl sites for hydroxylation is 1. The van der Waals surface area contributed by atoms with Crippen molar-refractivity contribution in [3.05, 3.63) is 50.9 Å². The van der Waals surface area contributed by atoms with E-state index in [1.165, 1.54) is 0 Å². The first-order valence-corrected chi connectivity index (χ1v) is 6.75. The lowest BCUT2D eigenvalue weighted by molar-refractivity contribution is -0.120. The molecule has 0 aliphatic heterocycles. The molecule has 1 amide bonds. The van der Waals surface area contributed by atoms with Gasteiger partial charge >= 0.3 is 0 Å². The van der Waals surface area contributed by atoms with Crippen LogP contribution in [0.5, 0.6) is 0 Å². The number of carbonyl (C=O) groups excluding carboxylic acids is 1. The standard InChI is InChI=1S/C13H13ClN2OS/c1-9-15-7-12(18-9)8-16-13(17)6-10-2-4-11(14)5-3-10/h2-5,7H,6,8H2,1H3,(H,16,17). The Labute approximate surface area is 115 Å². The normalized spacial score (nSPS) is 10.3. The van der Waals surface area contributed by atoms with Gasteiger partial charge in [-0.3, -0.25) is 4.79 Å². The second kappa shape index (κ2) is 5.98. The molecule has 0 spiro atoms. The van der Waals surface area contributed by atoms with Crippen LogP contribution in [0.3, 0.4) is 0 Å². The molecule has 94 valence electrons. The Hall–Kier alpha value is -1.39. The highest BCUT2D eigenvalue weighted by molar-refractivity contribution is 7.11. The van der Waals surface area contributed by atoms with Crippen molar-refractivity contribution in [3.8, 4) is 0 Å². The van der Waals surface area contributed by atoms with Crippen LogP contribution in [0.1, 0.15) is 15.4 Å².